The number of fused-ring (bicyclic) bond motifs is 3. The van der Waals surface area contributed by atoms with Gasteiger partial charge in [0, 0.05) is 63.4 Å². The number of piperidine rings is 1. The Morgan fingerprint density at radius 2 is 1.97 bits per heavy atom. The van der Waals surface area contributed by atoms with Gasteiger partial charge in [-0.1, -0.05) is 0 Å². The smallest absolute Gasteiger partial charge is 0.254 e. The third-order valence-electron chi connectivity index (χ3n) is 8.27. The van der Waals surface area contributed by atoms with Crippen molar-refractivity contribution in [3.05, 3.63) is 17.7 Å². The van der Waals surface area contributed by atoms with Crippen molar-refractivity contribution < 1.29 is 19.0 Å². The second-order valence-corrected chi connectivity index (χ2v) is 11.5. The van der Waals surface area contributed by atoms with Gasteiger partial charge >= 0.3 is 0 Å². The molecule has 3 atom stereocenters. The third kappa shape index (κ3) is 5.35. The number of benzene rings is 1. The summed E-state index contributed by atoms with van der Waals surface area (Å²) in [7, 11) is 3.38. The lowest BCUT2D eigenvalue weighted by molar-refractivity contribution is -0.0439. The topological polar surface area (TPSA) is 75.6 Å². The van der Waals surface area contributed by atoms with Gasteiger partial charge in [0.25, 0.3) is 5.91 Å². The molecule has 0 radical (unpaired) electrons. The van der Waals surface area contributed by atoms with Gasteiger partial charge in [0.05, 0.1) is 13.7 Å². The van der Waals surface area contributed by atoms with Crippen molar-refractivity contribution in [3.8, 4) is 17.2 Å². The number of methoxy groups -OCH3 is 1. The molecule has 1 N–H and O–H groups in total. The molecule has 1 aromatic carbocycles. The molecule has 3 fully saturated rings. The van der Waals surface area contributed by atoms with Gasteiger partial charge in [0.15, 0.2) is 11.5 Å². The normalized spacial score (nSPS) is 29.0. The largest absolute Gasteiger partial charge is 0.493 e. The number of carbonyl (C=O) groups is 1. The summed E-state index contributed by atoms with van der Waals surface area (Å²) in [6.45, 7) is 9.17. The molecule has 2 unspecified atom stereocenters. The Balaban J connectivity index is 1.33. The van der Waals surface area contributed by atoms with Crippen LogP contribution in [0.1, 0.15) is 69.7 Å². The molecule has 1 aromatic rings. The number of aliphatic imine (C=N–C) groups is 1. The van der Waals surface area contributed by atoms with E-state index in [0.717, 1.165) is 31.1 Å². The molecule has 0 aliphatic carbocycles. The number of rotatable bonds is 8. The van der Waals surface area contributed by atoms with Crippen LogP contribution in [0.25, 0.3) is 0 Å². The summed E-state index contributed by atoms with van der Waals surface area (Å²) < 4.78 is 17.4. The summed E-state index contributed by atoms with van der Waals surface area (Å²) in [6.07, 6.45) is 7.56. The van der Waals surface area contributed by atoms with Crippen molar-refractivity contribution in [2.24, 2.45) is 10.9 Å². The second kappa shape index (κ2) is 10.2. The molecule has 5 rings (SSSR count). The van der Waals surface area contributed by atoms with Gasteiger partial charge in [-0.15, -0.1) is 0 Å². The van der Waals surface area contributed by atoms with Crippen molar-refractivity contribution in [3.63, 3.8) is 0 Å². The summed E-state index contributed by atoms with van der Waals surface area (Å²) in [5, 5.41) is 3.77. The van der Waals surface area contributed by atoms with Crippen LogP contribution in [0.2, 0.25) is 0 Å². The van der Waals surface area contributed by atoms with E-state index >= 15 is 0 Å². The van der Waals surface area contributed by atoms with E-state index in [-0.39, 0.29) is 5.91 Å². The van der Waals surface area contributed by atoms with Gasteiger partial charge in [-0.3, -0.25) is 14.7 Å². The second-order valence-electron chi connectivity index (χ2n) is 11.5. The summed E-state index contributed by atoms with van der Waals surface area (Å²) in [4.78, 5) is 22.9. The molecule has 0 saturated carbocycles. The molecule has 8 nitrogen and oxygen atoms in total. The Kier molecular flexibility index (Phi) is 7.18. The summed E-state index contributed by atoms with van der Waals surface area (Å²) in [5.74, 6) is 1.56. The Labute approximate surface area is 215 Å². The minimum Gasteiger partial charge on any atom is -0.493 e. The van der Waals surface area contributed by atoms with E-state index in [2.05, 4.69) is 15.2 Å². The fourth-order valence-corrected chi connectivity index (χ4v) is 6.56. The number of carbonyl (C=O) groups excluding carboxylic acids is 1. The van der Waals surface area contributed by atoms with E-state index in [9.17, 15) is 4.79 Å². The predicted molar refractivity (Wildman–Crippen MR) is 141 cm³/mol. The van der Waals surface area contributed by atoms with E-state index in [4.69, 9.17) is 14.2 Å². The quantitative estimate of drug-likeness (QED) is 0.551. The van der Waals surface area contributed by atoms with Crippen LogP contribution < -0.4 is 19.5 Å². The number of likely N-dealkylation sites (tertiary alicyclic amines) is 1. The molecule has 4 aliphatic heterocycles. The molecule has 8 heteroatoms. The van der Waals surface area contributed by atoms with E-state index in [1.807, 2.05) is 25.7 Å². The first-order chi connectivity index (χ1) is 17.2. The number of nitrogens with zero attached hydrogens (tertiary/aromatic N) is 3. The number of hydrogen-bond acceptors (Lipinski definition) is 7. The molecular weight excluding hydrogens is 456 g/mol. The van der Waals surface area contributed by atoms with Gasteiger partial charge in [-0.25, -0.2) is 0 Å². The Morgan fingerprint density at radius 3 is 2.67 bits per heavy atom. The highest BCUT2D eigenvalue weighted by atomic mass is 16.7. The Hall–Kier alpha value is -2.32. The number of hydrogen-bond donors (Lipinski definition) is 1. The van der Waals surface area contributed by atoms with Crippen molar-refractivity contribution in [2.45, 2.75) is 83.2 Å². The fourth-order valence-electron chi connectivity index (χ4n) is 6.56. The maximum Gasteiger partial charge on any atom is 0.254 e. The lowest BCUT2D eigenvalue weighted by Gasteiger charge is -2.36. The monoisotopic (exact) mass is 498 g/mol. The highest BCUT2D eigenvalue weighted by Crippen LogP contribution is 2.47. The first kappa shape index (κ1) is 25.3. The van der Waals surface area contributed by atoms with Crippen LogP contribution >= 0.6 is 0 Å². The zero-order valence-corrected chi connectivity index (χ0v) is 22.5. The molecule has 36 heavy (non-hydrogen) atoms. The van der Waals surface area contributed by atoms with Gasteiger partial charge in [-0.2, -0.15) is 0 Å². The third-order valence-corrected chi connectivity index (χ3v) is 8.27. The van der Waals surface area contributed by atoms with Crippen molar-refractivity contribution >= 4 is 11.6 Å². The molecule has 1 amide bonds. The minimum absolute atomic E-state index is 0.0285. The highest BCUT2D eigenvalue weighted by molar-refractivity contribution is 5.98. The van der Waals surface area contributed by atoms with Crippen LogP contribution in [0.4, 0.5) is 0 Å². The van der Waals surface area contributed by atoms with E-state index in [1.54, 1.807) is 26.3 Å². The van der Waals surface area contributed by atoms with Crippen LogP contribution in [0, 0.1) is 5.92 Å². The highest BCUT2D eigenvalue weighted by Gasteiger charge is 2.38. The van der Waals surface area contributed by atoms with Crippen molar-refractivity contribution in [2.75, 3.05) is 40.3 Å². The zero-order chi connectivity index (χ0) is 25.4. The van der Waals surface area contributed by atoms with Crippen LogP contribution in [0.5, 0.6) is 17.2 Å². The lowest BCUT2D eigenvalue weighted by atomic mass is 9.92. The maximum atomic E-state index is 13.9. The van der Waals surface area contributed by atoms with E-state index in [1.165, 1.54) is 32.1 Å². The Bertz CT molecular complexity index is 998. The fraction of sp³-hybridized carbons (Fsp3) is 0.714. The van der Waals surface area contributed by atoms with E-state index in [0.29, 0.717) is 54.0 Å². The molecule has 4 heterocycles. The molecule has 2 bridgehead atoms. The number of ether oxygens (including phenoxy) is 3. The summed E-state index contributed by atoms with van der Waals surface area (Å²) in [6, 6.07) is 5.36. The molecule has 0 aromatic heterocycles. The average Bonchev–Trinajstić information content (AvgIpc) is 3.52. The van der Waals surface area contributed by atoms with Crippen LogP contribution in [-0.4, -0.2) is 85.7 Å². The molecule has 4 aliphatic rings. The van der Waals surface area contributed by atoms with Crippen LogP contribution in [0.15, 0.2) is 17.1 Å². The molecule has 0 spiro atoms. The standard InChI is InChI=1S/C28H42N4O4/c1-18(29-4)15-32(27(33)20-13-24(34-5)26-25(14-20)35-28(2,3)36-26)17-23-7-6-10-31(23)16-19-11-21-8-9-22(12-19)30-21/h13-14,19,21-23,30H,6-12,15-17H2,1-5H3/t19?,21?,22?,23-/m0/s1. The lowest BCUT2D eigenvalue weighted by Crippen LogP contribution is -2.47. The first-order valence-electron chi connectivity index (χ1n) is 13.6. The average molecular weight is 499 g/mol. The van der Waals surface area contributed by atoms with Gasteiger partial charge in [0.2, 0.25) is 11.5 Å². The van der Waals surface area contributed by atoms with Gasteiger partial charge < -0.3 is 24.4 Å². The summed E-state index contributed by atoms with van der Waals surface area (Å²) in [5.41, 5.74) is 1.49. The number of nitrogens with one attached hydrogen (secondary N) is 1. The van der Waals surface area contributed by atoms with Crippen LogP contribution in [0.3, 0.4) is 0 Å². The SMILES string of the molecule is CN=C(C)CN(C[C@@H]1CCCN1CC1CC2CCC(C1)N2)C(=O)c1cc(OC)c2c(c1)OC(C)(C)O2. The predicted octanol–water partition coefficient (Wildman–Crippen LogP) is 3.73. The number of amides is 1. The van der Waals surface area contributed by atoms with Gasteiger partial charge in [0.1, 0.15) is 0 Å². The van der Waals surface area contributed by atoms with Crippen molar-refractivity contribution in [1.29, 1.82) is 0 Å². The minimum atomic E-state index is -0.791. The molecular formula is C28H42N4O4. The van der Waals surface area contributed by atoms with Crippen molar-refractivity contribution in [1.82, 2.24) is 15.1 Å². The van der Waals surface area contributed by atoms with Crippen LogP contribution in [-0.2, 0) is 0 Å². The molecule has 198 valence electrons. The summed E-state index contributed by atoms with van der Waals surface area (Å²) >= 11 is 0. The Morgan fingerprint density at radius 1 is 1.22 bits per heavy atom. The maximum absolute atomic E-state index is 13.9. The van der Waals surface area contributed by atoms with E-state index < -0.39 is 5.79 Å². The van der Waals surface area contributed by atoms with Gasteiger partial charge in [-0.05, 0) is 70.0 Å². The zero-order valence-electron chi connectivity index (χ0n) is 22.5. The first-order valence-corrected chi connectivity index (χ1v) is 13.6. The molecule has 3 saturated heterocycles.